The number of nitrogens with one attached hydrogen (secondary N) is 1. The molecule has 5 nitrogen and oxygen atoms in total. The van der Waals surface area contributed by atoms with E-state index in [2.05, 4.69) is 48.3 Å². The Kier molecular flexibility index (Phi) is 6.45. The molecule has 0 aromatic heterocycles. The van der Waals surface area contributed by atoms with Gasteiger partial charge in [0.05, 0.1) is 6.61 Å². The Labute approximate surface area is 168 Å². The van der Waals surface area contributed by atoms with E-state index in [0.29, 0.717) is 25.6 Å². The summed E-state index contributed by atoms with van der Waals surface area (Å²) in [7, 11) is 0. The Morgan fingerprint density at radius 1 is 1.07 bits per heavy atom. The van der Waals surface area contributed by atoms with Gasteiger partial charge in [-0.05, 0) is 55.2 Å². The molecule has 0 unspecified atom stereocenters. The smallest absolute Gasteiger partial charge is 0.321 e. The average Bonchev–Trinajstić information content (AvgIpc) is 2.70. The molecule has 1 N–H and O–H groups in total. The van der Waals surface area contributed by atoms with Gasteiger partial charge in [0, 0.05) is 37.6 Å². The van der Waals surface area contributed by atoms with E-state index in [1.807, 2.05) is 36.9 Å². The number of nitrogens with zero attached hydrogens (tertiary/aromatic N) is 2. The summed E-state index contributed by atoms with van der Waals surface area (Å²) in [4.78, 5) is 17.1. The van der Waals surface area contributed by atoms with Crippen LogP contribution in [0.25, 0.3) is 0 Å². The standard InChI is InChI=1S/C23H31N3O2/c1-5-28-20-11-9-19(10-12-20)25-13-15-26(16-14-25)23(27)24-22-18(4)7-6-8-21(22)17(2)3/h6-12,17H,5,13-16H2,1-4H3,(H,24,27). The summed E-state index contributed by atoms with van der Waals surface area (Å²) in [6.45, 7) is 12.1. The maximum atomic E-state index is 12.8. The summed E-state index contributed by atoms with van der Waals surface area (Å²) in [5, 5.41) is 3.16. The maximum absolute atomic E-state index is 12.8. The Balaban J connectivity index is 1.60. The van der Waals surface area contributed by atoms with Crippen molar-refractivity contribution in [1.82, 2.24) is 4.90 Å². The van der Waals surface area contributed by atoms with Crippen LogP contribution in [0.4, 0.5) is 16.2 Å². The first-order valence-electron chi connectivity index (χ1n) is 10.1. The van der Waals surface area contributed by atoms with Gasteiger partial charge in [-0.1, -0.05) is 32.0 Å². The topological polar surface area (TPSA) is 44.8 Å². The van der Waals surface area contributed by atoms with Crippen molar-refractivity contribution in [2.75, 3.05) is 43.0 Å². The fourth-order valence-corrected chi connectivity index (χ4v) is 3.62. The van der Waals surface area contributed by atoms with Crippen molar-refractivity contribution in [3.05, 3.63) is 53.6 Å². The molecule has 2 aromatic rings. The van der Waals surface area contributed by atoms with Crippen molar-refractivity contribution >= 4 is 17.4 Å². The normalized spacial score (nSPS) is 14.3. The third-order valence-corrected chi connectivity index (χ3v) is 5.24. The van der Waals surface area contributed by atoms with Gasteiger partial charge >= 0.3 is 6.03 Å². The quantitative estimate of drug-likeness (QED) is 0.803. The summed E-state index contributed by atoms with van der Waals surface area (Å²) < 4.78 is 5.51. The largest absolute Gasteiger partial charge is 0.494 e. The van der Waals surface area contributed by atoms with Gasteiger partial charge in [-0.3, -0.25) is 0 Å². The number of ether oxygens (including phenoxy) is 1. The number of carbonyl (C=O) groups excluding carboxylic acids is 1. The molecule has 0 spiro atoms. The lowest BCUT2D eigenvalue weighted by Gasteiger charge is -2.36. The lowest BCUT2D eigenvalue weighted by Crippen LogP contribution is -2.50. The molecule has 28 heavy (non-hydrogen) atoms. The molecule has 1 heterocycles. The maximum Gasteiger partial charge on any atom is 0.321 e. The summed E-state index contributed by atoms with van der Waals surface area (Å²) in [6, 6.07) is 14.4. The lowest BCUT2D eigenvalue weighted by atomic mass is 9.98. The van der Waals surface area contributed by atoms with Crippen LogP contribution in [-0.2, 0) is 0 Å². The van der Waals surface area contributed by atoms with Gasteiger partial charge in [0.2, 0.25) is 0 Å². The van der Waals surface area contributed by atoms with Gasteiger partial charge in [-0.2, -0.15) is 0 Å². The van der Waals surface area contributed by atoms with Crippen molar-refractivity contribution in [3.63, 3.8) is 0 Å². The van der Waals surface area contributed by atoms with Crippen LogP contribution in [0.5, 0.6) is 5.75 Å². The minimum Gasteiger partial charge on any atom is -0.494 e. The highest BCUT2D eigenvalue weighted by Gasteiger charge is 2.22. The Morgan fingerprint density at radius 2 is 1.75 bits per heavy atom. The van der Waals surface area contributed by atoms with Gasteiger partial charge in [0.25, 0.3) is 0 Å². The number of anilines is 2. The second kappa shape index (κ2) is 9.00. The van der Waals surface area contributed by atoms with Gasteiger partial charge in [-0.25, -0.2) is 4.79 Å². The van der Waals surface area contributed by atoms with Gasteiger partial charge in [0.1, 0.15) is 5.75 Å². The van der Waals surface area contributed by atoms with Crippen LogP contribution in [0.15, 0.2) is 42.5 Å². The fraction of sp³-hybridized carbons (Fsp3) is 0.435. The molecule has 1 fully saturated rings. The molecule has 0 atom stereocenters. The van der Waals surface area contributed by atoms with Crippen LogP contribution in [0.1, 0.15) is 37.8 Å². The SMILES string of the molecule is CCOc1ccc(N2CCN(C(=O)Nc3c(C)cccc3C(C)C)CC2)cc1. The molecule has 3 rings (SSSR count). The number of carbonyl (C=O) groups is 1. The number of hydrogen-bond acceptors (Lipinski definition) is 3. The van der Waals surface area contributed by atoms with E-state index in [4.69, 9.17) is 4.74 Å². The molecule has 2 amide bonds. The van der Waals surface area contributed by atoms with Crippen molar-refractivity contribution in [3.8, 4) is 5.75 Å². The van der Waals surface area contributed by atoms with E-state index in [-0.39, 0.29) is 6.03 Å². The Morgan fingerprint density at radius 3 is 2.36 bits per heavy atom. The zero-order chi connectivity index (χ0) is 20.1. The second-order valence-electron chi connectivity index (χ2n) is 7.53. The monoisotopic (exact) mass is 381 g/mol. The van der Waals surface area contributed by atoms with Gasteiger partial charge in [0.15, 0.2) is 0 Å². The summed E-state index contributed by atoms with van der Waals surface area (Å²) in [5.41, 5.74) is 4.41. The molecule has 0 radical (unpaired) electrons. The molecule has 150 valence electrons. The van der Waals surface area contributed by atoms with E-state index < -0.39 is 0 Å². The number of amides is 2. The third-order valence-electron chi connectivity index (χ3n) is 5.24. The molecule has 2 aromatic carbocycles. The zero-order valence-electron chi connectivity index (χ0n) is 17.4. The van der Waals surface area contributed by atoms with E-state index in [9.17, 15) is 4.79 Å². The van der Waals surface area contributed by atoms with E-state index >= 15 is 0 Å². The van der Waals surface area contributed by atoms with Crippen molar-refractivity contribution in [2.45, 2.75) is 33.6 Å². The minimum absolute atomic E-state index is 0.0115. The van der Waals surface area contributed by atoms with E-state index in [1.54, 1.807) is 0 Å². The Hall–Kier alpha value is -2.69. The first kappa shape index (κ1) is 20.1. The van der Waals surface area contributed by atoms with Crippen molar-refractivity contribution < 1.29 is 9.53 Å². The molecule has 0 aliphatic carbocycles. The highest BCUT2D eigenvalue weighted by Crippen LogP contribution is 2.28. The predicted octanol–water partition coefficient (Wildman–Crippen LogP) is 4.87. The molecular weight excluding hydrogens is 350 g/mol. The van der Waals surface area contributed by atoms with Crippen LogP contribution >= 0.6 is 0 Å². The van der Waals surface area contributed by atoms with E-state index in [1.165, 1.54) is 11.3 Å². The number of rotatable bonds is 5. The average molecular weight is 382 g/mol. The number of para-hydroxylation sites is 1. The van der Waals surface area contributed by atoms with Crippen LogP contribution < -0.4 is 15.0 Å². The lowest BCUT2D eigenvalue weighted by molar-refractivity contribution is 0.208. The molecule has 1 aliphatic rings. The van der Waals surface area contributed by atoms with Gasteiger partial charge in [-0.15, -0.1) is 0 Å². The molecule has 0 bridgehead atoms. The van der Waals surface area contributed by atoms with E-state index in [0.717, 1.165) is 30.1 Å². The number of urea groups is 1. The first-order chi connectivity index (χ1) is 13.5. The zero-order valence-corrected chi connectivity index (χ0v) is 17.4. The summed E-state index contributed by atoms with van der Waals surface area (Å²) in [6.07, 6.45) is 0. The molecule has 0 saturated carbocycles. The fourth-order valence-electron chi connectivity index (χ4n) is 3.62. The third kappa shape index (κ3) is 4.58. The van der Waals surface area contributed by atoms with Gasteiger partial charge < -0.3 is 19.9 Å². The van der Waals surface area contributed by atoms with Crippen LogP contribution in [0.2, 0.25) is 0 Å². The highest BCUT2D eigenvalue weighted by atomic mass is 16.5. The van der Waals surface area contributed by atoms with Crippen LogP contribution in [0.3, 0.4) is 0 Å². The Bertz CT molecular complexity index is 794. The number of piperazine rings is 1. The number of aryl methyl sites for hydroxylation is 1. The molecule has 5 heteroatoms. The van der Waals surface area contributed by atoms with Crippen molar-refractivity contribution in [2.24, 2.45) is 0 Å². The van der Waals surface area contributed by atoms with Crippen molar-refractivity contribution in [1.29, 1.82) is 0 Å². The minimum atomic E-state index is -0.0115. The van der Waals surface area contributed by atoms with Crippen LogP contribution in [-0.4, -0.2) is 43.7 Å². The number of benzene rings is 2. The summed E-state index contributed by atoms with van der Waals surface area (Å²) >= 11 is 0. The first-order valence-corrected chi connectivity index (χ1v) is 10.1. The second-order valence-corrected chi connectivity index (χ2v) is 7.53. The number of hydrogen-bond donors (Lipinski definition) is 1. The predicted molar refractivity (Wildman–Crippen MR) is 116 cm³/mol. The van der Waals surface area contributed by atoms with Crippen LogP contribution in [0, 0.1) is 6.92 Å². The molecule has 1 aliphatic heterocycles. The molecule has 1 saturated heterocycles. The highest BCUT2D eigenvalue weighted by molar-refractivity contribution is 5.91. The molecular formula is C23H31N3O2. The summed E-state index contributed by atoms with van der Waals surface area (Å²) in [5.74, 6) is 1.26.